The normalized spacial score (nSPS) is 14.8. The van der Waals surface area contributed by atoms with E-state index >= 15 is 0 Å². The average Bonchev–Trinajstić information content (AvgIpc) is 3.27. The Labute approximate surface area is 235 Å². The van der Waals surface area contributed by atoms with E-state index in [4.69, 9.17) is 19.2 Å². The maximum absolute atomic E-state index is 14.0. The number of carbonyl (C=O) groups is 1. The van der Waals surface area contributed by atoms with Gasteiger partial charge in [-0.05, 0) is 67.4 Å². The van der Waals surface area contributed by atoms with E-state index in [1.54, 1.807) is 31.8 Å². The molecule has 3 aromatic carbocycles. The van der Waals surface area contributed by atoms with E-state index in [-0.39, 0.29) is 11.5 Å². The number of thiazole rings is 1. The molecular weight excluding hydrogens is 526 g/mol. The second-order valence-corrected chi connectivity index (χ2v) is 10.0. The summed E-state index contributed by atoms with van der Waals surface area (Å²) in [7, 11) is 3.16. The summed E-state index contributed by atoms with van der Waals surface area (Å²) in [6, 6.07) is 21.4. The van der Waals surface area contributed by atoms with Crippen LogP contribution in [0.1, 0.15) is 31.0 Å². The fourth-order valence-electron chi connectivity index (χ4n) is 4.66. The highest BCUT2D eigenvalue weighted by Crippen LogP contribution is 2.32. The Morgan fingerprint density at radius 2 is 1.82 bits per heavy atom. The number of para-hydroxylation sites is 1. The van der Waals surface area contributed by atoms with Crippen molar-refractivity contribution in [3.63, 3.8) is 0 Å². The van der Waals surface area contributed by atoms with E-state index in [2.05, 4.69) is 5.32 Å². The van der Waals surface area contributed by atoms with Crippen molar-refractivity contribution in [2.24, 2.45) is 4.99 Å². The summed E-state index contributed by atoms with van der Waals surface area (Å²) in [6.07, 6.45) is 1.80. The van der Waals surface area contributed by atoms with E-state index in [1.807, 2.05) is 79.7 Å². The first-order valence-corrected chi connectivity index (χ1v) is 13.6. The summed E-state index contributed by atoms with van der Waals surface area (Å²) in [6.45, 7) is 4.21. The van der Waals surface area contributed by atoms with Crippen LogP contribution in [0.2, 0.25) is 0 Å². The van der Waals surface area contributed by atoms with Crippen molar-refractivity contribution in [2.75, 3.05) is 26.1 Å². The van der Waals surface area contributed by atoms with Crippen LogP contribution in [0.5, 0.6) is 17.2 Å². The Balaban J connectivity index is 1.66. The molecule has 1 atom stereocenters. The van der Waals surface area contributed by atoms with Gasteiger partial charge in [0.25, 0.3) is 11.5 Å². The van der Waals surface area contributed by atoms with E-state index in [0.29, 0.717) is 50.1 Å². The van der Waals surface area contributed by atoms with Crippen LogP contribution in [0.3, 0.4) is 0 Å². The van der Waals surface area contributed by atoms with E-state index in [0.717, 1.165) is 11.1 Å². The zero-order chi connectivity index (χ0) is 28.2. The number of methoxy groups -OCH3 is 2. The second kappa shape index (κ2) is 11.6. The lowest BCUT2D eigenvalue weighted by Gasteiger charge is -2.25. The molecular formula is C31H29N3O5S. The summed E-state index contributed by atoms with van der Waals surface area (Å²) >= 11 is 1.27. The molecule has 5 rings (SSSR count). The first-order chi connectivity index (χ1) is 19.4. The Bertz CT molecular complexity index is 1770. The van der Waals surface area contributed by atoms with Crippen LogP contribution in [-0.4, -0.2) is 31.3 Å². The first kappa shape index (κ1) is 27.0. The van der Waals surface area contributed by atoms with Crippen molar-refractivity contribution in [3.8, 4) is 17.2 Å². The topological polar surface area (TPSA) is 91.2 Å². The third-order valence-electron chi connectivity index (χ3n) is 6.49. The smallest absolute Gasteiger partial charge is 0.271 e. The molecule has 1 aliphatic heterocycles. The minimum atomic E-state index is -0.702. The van der Waals surface area contributed by atoms with Crippen LogP contribution >= 0.6 is 11.3 Å². The molecule has 1 N–H and O–H groups in total. The lowest BCUT2D eigenvalue weighted by Crippen LogP contribution is -2.40. The Hall–Kier alpha value is -4.63. The van der Waals surface area contributed by atoms with Crippen LogP contribution in [0.15, 0.2) is 93.9 Å². The molecule has 1 aromatic heterocycles. The molecule has 0 radical (unpaired) electrons. The quantitative estimate of drug-likeness (QED) is 0.350. The SMILES string of the molecule is CCOc1ccc(/C=c2\sc3n(c2=O)[C@H](c2cccc(OC)c2)C(C(=O)Nc2ccccc2)=C(C)N=3)cc1OC. The molecule has 0 spiro atoms. The standard InChI is InChI=1S/C31H29N3O5S/c1-5-39-24-15-14-20(16-25(24)38-4)17-26-30(36)34-28(21-10-9-13-23(18-21)37-3)27(19(2)32-31(34)40-26)29(35)33-22-11-7-6-8-12-22/h6-18,28H,5H2,1-4H3,(H,33,35)/b26-17-/t28-/m1/s1. The van der Waals surface area contributed by atoms with Crippen molar-refractivity contribution in [2.45, 2.75) is 19.9 Å². The molecule has 4 aromatic rings. The number of benzene rings is 3. The lowest BCUT2D eigenvalue weighted by molar-refractivity contribution is -0.113. The maximum Gasteiger partial charge on any atom is 0.271 e. The number of ether oxygens (including phenoxy) is 3. The number of hydrogen-bond donors (Lipinski definition) is 1. The molecule has 1 aliphatic rings. The monoisotopic (exact) mass is 555 g/mol. The summed E-state index contributed by atoms with van der Waals surface area (Å²) in [5, 5.41) is 2.96. The molecule has 8 nitrogen and oxygen atoms in total. The van der Waals surface area contributed by atoms with Crippen molar-refractivity contribution >= 4 is 29.0 Å². The number of anilines is 1. The van der Waals surface area contributed by atoms with Gasteiger partial charge in [-0.1, -0.05) is 47.7 Å². The van der Waals surface area contributed by atoms with Gasteiger partial charge >= 0.3 is 0 Å². The van der Waals surface area contributed by atoms with E-state index in [1.165, 1.54) is 11.3 Å². The van der Waals surface area contributed by atoms with Gasteiger partial charge in [0.15, 0.2) is 16.3 Å². The highest BCUT2D eigenvalue weighted by Gasteiger charge is 2.32. The number of rotatable bonds is 8. The molecule has 0 aliphatic carbocycles. The van der Waals surface area contributed by atoms with Gasteiger partial charge in [-0.2, -0.15) is 0 Å². The number of nitrogens with one attached hydrogen (secondary N) is 1. The number of allylic oxidation sites excluding steroid dienone is 1. The Morgan fingerprint density at radius 1 is 1.02 bits per heavy atom. The molecule has 0 saturated heterocycles. The first-order valence-electron chi connectivity index (χ1n) is 12.8. The number of nitrogens with zero attached hydrogens (tertiary/aromatic N) is 2. The van der Waals surface area contributed by atoms with Crippen molar-refractivity contribution < 1.29 is 19.0 Å². The highest BCUT2D eigenvalue weighted by molar-refractivity contribution is 7.07. The molecule has 40 heavy (non-hydrogen) atoms. The van der Waals surface area contributed by atoms with Crippen LogP contribution < -0.4 is 34.4 Å². The van der Waals surface area contributed by atoms with Gasteiger partial charge in [-0.15, -0.1) is 0 Å². The molecule has 2 heterocycles. The molecule has 204 valence electrons. The molecule has 1 amide bonds. The van der Waals surface area contributed by atoms with Crippen LogP contribution in [0, 0.1) is 0 Å². The summed E-state index contributed by atoms with van der Waals surface area (Å²) < 4.78 is 18.6. The number of fused-ring (bicyclic) bond motifs is 1. The van der Waals surface area contributed by atoms with Crippen LogP contribution in [0.4, 0.5) is 5.69 Å². The summed E-state index contributed by atoms with van der Waals surface area (Å²) in [4.78, 5) is 32.9. The number of carbonyl (C=O) groups excluding carboxylic acids is 1. The molecule has 0 unspecified atom stereocenters. The number of hydrogen-bond acceptors (Lipinski definition) is 7. The molecule has 0 fully saturated rings. The predicted octanol–water partition coefficient (Wildman–Crippen LogP) is 4.29. The Kier molecular flexibility index (Phi) is 7.84. The molecule has 0 bridgehead atoms. The van der Waals surface area contributed by atoms with Gasteiger partial charge in [0.05, 0.1) is 42.7 Å². The average molecular weight is 556 g/mol. The van der Waals surface area contributed by atoms with Gasteiger partial charge in [0.2, 0.25) is 0 Å². The number of aromatic nitrogens is 1. The number of amides is 1. The van der Waals surface area contributed by atoms with Gasteiger partial charge in [0.1, 0.15) is 5.75 Å². The van der Waals surface area contributed by atoms with Gasteiger partial charge in [0, 0.05) is 5.69 Å². The van der Waals surface area contributed by atoms with Crippen LogP contribution in [-0.2, 0) is 4.79 Å². The minimum Gasteiger partial charge on any atom is -0.497 e. The molecule has 9 heteroatoms. The zero-order valence-electron chi connectivity index (χ0n) is 22.6. The van der Waals surface area contributed by atoms with E-state index in [9.17, 15) is 9.59 Å². The van der Waals surface area contributed by atoms with Gasteiger partial charge in [-0.25, -0.2) is 4.99 Å². The highest BCUT2D eigenvalue weighted by atomic mass is 32.1. The second-order valence-electron chi connectivity index (χ2n) is 9.02. The fraction of sp³-hybridized carbons (Fsp3) is 0.194. The third kappa shape index (κ3) is 5.28. The van der Waals surface area contributed by atoms with Crippen molar-refractivity contribution in [3.05, 3.63) is 115 Å². The predicted molar refractivity (Wildman–Crippen MR) is 156 cm³/mol. The van der Waals surface area contributed by atoms with Gasteiger partial charge in [-0.3, -0.25) is 14.2 Å². The zero-order valence-corrected chi connectivity index (χ0v) is 23.5. The maximum atomic E-state index is 14.0. The minimum absolute atomic E-state index is 0.248. The lowest BCUT2D eigenvalue weighted by atomic mass is 9.95. The summed E-state index contributed by atoms with van der Waals surface area (Å²) in [5.41, 5.74) is 2.85. The largest absolute Gasteiger partial charge is 0.497 e. The summed E-state index contributed by atoms with van der Waals surface area (Å²) in [5.74, 6) is 1.50. The Morgan fingerprint density at radius 3 is 2.55 bits per heavy atom. The molecule has 0 saturated carbocycles. The van der Waals surface area contributed by atoms with Crippen molar-refractivity contribution in [1.29, 1.82) is 0 Å². The van der Waals surface area contributed by atoms with Crippen molar-refractivity contribution in [1.82, 2.24) is 4.57 Å². The van der Waals surface area contributed by atoms with Crippen LogP contribution in [0.25, 0.3) is 6.08 Å². The van der Waals surface area contributed by atoms with E-state index < -0.39 is 6.04 Å². The van der Waals surface area contributed by atoms with Gasteiger partial charge < -0.3 is 19.5 Å². The third-order valence-corrected chi connectivity index (χ3v) is 7.48. The fourth-order valence-corrected chi connectivity index (χ4v) is 5.71.